The molecule has 2 aliphatic carbocycles. The van der Waals surface area contributed by atoms with E-state index in [9.17, 15) is 15.0 Å². The lowest BCUT2D eigenvalue weighted by Gasteiger charge is -2.59. The van der Waals surface area contributed by atoms with E-state index < -0.39 is 17.7 Å². The molecule has 310 valence electrons. The van der Waals surface area contributed by atoms with E-state index in [1.54, 1.807) is 48.0 Å². The second-order valence-corrected chi connectivity index (χ2v) is 16.4. The van der Waals surface area contributed by atoms with Crippen LogP contribution >= 0.6 is 11.8 Å². The zero-order valence-electron chi connectivity index (χ0n) is 33.6. The van der Waals surface area contributed by atoms with Crippen molar-refractivity contribution in [1.29, 1.82) is 0 Å². The van der Waals surface area contributed by atoms with Gasteiger partial charge in [-0.2, -0.15) is 0 Å². The molecule has 2 N–H and O–H groups in total. The Labute approximate surface area is 346 Å². The van der Waals surface area contributed by atoms with Crippen LogP contribution in [0.5, 0.6) is 23.0 Å². The number of aliphatic hydroxyl groups excluding tert-OH is 2. The van der Waals surface area contributed by atoms with Gasteiger partial charge in [0.15, 0.2) is 11.5 Å². The van der Waals surface area contributed by atoms with Crippen LogP contribution in [0.4, 0.5) is 0 Å². The van der Waals surface area contributed by atoms with E-state index in [1.165, 1.54) is 4.90 Å². The second kappa shape index (κ2) is 19.5. The summed E-state index contributed by atoms with van der Waals surface area (Å²) in [6, 6.07) is 20.9. The fourth-order valence-corrected chi connectivity index (χ4v) is 9.92. The molecule has 0 aromatic heterocycles. The molecule has 1 fully saturated rings. The number of nitrogens with zero attached hydrogens (tertiary/aromatic N) is 2. The number of carbonyl (C=O) groups is 1. The Morgan fingerprint density at radius 3 is 2.55 bits per heavy atom. The molecule has 3 aromatic carbocycles. The Balaban J connectivity index is 1.34. The Bertz CT molecular complexity index is 1940. The number of aliphatic hydroxyl groups is 2. The Hall–Kier alpha value is -4.49. The van der Waals surface area contributed by atoms with Gasteiger partial charge in [-0.25, -0.2) is 0 Å². The smallest absolute Gasteiger partial charge is 0.254 e. The molecule has 6 atom stereocenters. The van der Waals surface area contributed by atoms with E-state index in [4.69, 9.17) is 33.7 Å². The number of oxime groups is 1. The zero-order chi connectivity index (χ0) is 40.5. The van der Waals surface area contributed by atoms with E-state index in [0.29, 0.717) is 55.3 Å². The Morgan fingerprint density at radius 2 is 1.78 bits per heavy atom. The van der Waals surface area contributed by atoms with Crippen molar-refractivity contribution < 1.29 is 43.5 Å². The van der Waals surface area contributed by atoms with E-state index in [2.05, 4.69) is 30.9 Å². The van der Waals surface area contributed by atoms with Gasteiger partial charge in [-0.3, -0.25) is 4.79 Å². The number of ether oxygens (including phenoxy) is 5. The standard InChI is InChI=1S/C46H56N2O9S/c1-4-23-55-46-42(48(3)45(51)32-17-19-40-41(27-32)54-30-53-40)29-38(47-56-5-2)36-26-31(13-9-11-21-49)35(16-10-12-22-50)43(44(36)46)37-28-33(18-20-39(37)57-46)52-24-25-58-34-14-7-6-8-15-34/h4,6-8,14-15,17-20,26-28,31,35,42-44,49-50H,1,5,9-13,16,21-25,29-30H2,2-3H3. The van der Waals surface area contributed by atoms with Crippen LogP contribution < -0.4 is 18.9 Å². The first-order valence-corrected chi connectivity index (χ1v) is 21.6. The summed E-state index contributed by atoms with van der Waals surface area (Å²) in [6.07, 6.45) is 9.17. The summed E-state index contributed by atoms with van der Waals surface area (Å²) in [5.74, 6) is 1.47. The lowest BCUT2D eigenvalue weighted by Crippen LogP contribution is -2.69. The molecule has 3 aromatic rings. The fourth-order valence-electron chi connectivity index (χ4n) is 9.17. The molecule has 1 saturated carbocycles. The predicted molar refractivity (Wildman–Crippen MR) is 224 cm³/mol. The minimum absolute atomic E-state index is 0.104. The van der Waals surface area contributed by atoms with Crippen LogP contribution in [-0.2, 0) is 9.57 Å². The van der Waals surface area contributed by atoms with Crippen LogP contribution in [0, 0.1) is 17.8 Å². The number of unbranched alkanes of at least 4 members (excludes halogenated alkanes) is 2. The van der Waals surface area contributed by atoms with Crippen LogP contribution in [0.15, 0.2) is 101 Å². The van der Waals surface area contributed by atoms with Crippen molar-refractivity contribution in [2.24, 2.45) is 22.9 Å². The summed E-state index contributed by atoms with van der Waals surface area (Å²) in [6.45, 7) is 7.35. The molecule has 0 radical (unpaired) electrons. The number of allylic oxidation sites excluding steroid dienone is 1. The number of likely N-dealkylation sites (N-methyl/N-ethyl adjacent to an activating group) is 1. The van der Waals surface area contributed by atoms with Gasteiger partial charge >= 0.3 is 0 Å². The van der Waals surface area contributed by atoms with Crippen molar-refractivity contribution in [3.63, 3.8) is 0 Å². The molecule has 6 unspecified atom stereocenters. The van der Waals surface area contributed by atoms with E-state index >= 15 is 0 Å². The number of benzene rings is 3. The minimum atomic E-state index is -1.34. The van der Waals surface area contributed by atoms with Gasteiger partial charge in [0.05, 0.1) is 24.8 Å². The zero-order valence-corrected chi connectivity index (χ0v) is 34.4. The summed E-state index contributed by atoms with van der Waals surface area (Å²) >= 11 is 1.75. The largest absolute Gasteiger partial charge is 0.493 e. The molecular weight excluding hydrogens is 757 g/mol. The quantitative estimate of drug-likeness (QED) is 0.0501. The monoisotopic (exact) mass is 812 g/mol. The predicted octanol–water partition coefficient (Wildman–Crippen LogP) is 8.01. The van der Waals surface area contributed by atoms with Crippen molar-refractivity contribution in [2.45, 2.75) is 74.5 Å². The van der Waals surface area contributed by atoms with Crippen LogP contribution in [-0.4, -0.2) is 91.2 Å². The maximum absolute atomic E-state index is 14.6. The highest BCUT2D eigenvalue weighted by atomic mass is 32.2. The van der Waals surface area contributed by atoms with Gasteiger partial charge in [0.1, 0.15) is 24.1 Å². The van der Waals surface area contributed by atoms with E-state index in [-0.39, 0.29) is 50.3 Å². The molecule has 4 aliphatic rings. The number of hydrogen-bond acceptors (Lipinski definition) is 11. The molecule has 2 heterocycles. The first-order chi connectivity index (χ1) is 28.4. The summed E-state index contributed by atoms with van der Waals surface area (Å²) in [7, 11) is 1.79. The van der Waals surface area contributed by atoms with Crippen LogP contribution in [0.1, 0.15) is 73.7 Å². The van der Waals surface area contributed by atoms with Gasteiger partial charge in [-0.1, -0.05) is 48.3 Å². The average Bonchev–Trinajstić information content (AvgIpc) is 3.73. The van der Waals surface area contributed by atoms with Gasteiger partial charge in [0.2, 0.25) is 12.6 Å². The minimum Gasteiger partial charge on any atom is -0.493 e. The third-order valence-electron chi connectivity index (χ3n) is 11.7. The summed E-state index contributed by atoms with van der Waals surface area (Å²) < 4.78 is 31.9. The first kappa shape index (κ1) is 41.7. The molecule has 12 heteroatoms. The lowest BCUT2D eigenvalue weighted by molar-refractivity contribution is -0.252. The number of hydrogen-bond donors (Lipinski definition) is 2. The molecule has 1 amide bonds. The van der Waals surface area contributed by atoms with E-state index in [1.807, 2.05) is 37.3 Å². The third kappa shape index (κ3) is 8.76. The normalized spacial score (nSPS) is 24.6. The summed E-state index contributed by atoms with van der Waals surface area (Å²) in [5, 5.41) is 24.5. The molecule has 2 aliphatic heterocycles. The maximum atomic E-state index is 14.6. The van der Waals surface area contributed by atoms with Crippen molar-refractivity contribution >= 4 is 23.4 Å². The molecule has 7 rings (SSSR count). The topological polar surface area (TPSA) is 129 Å². The molecule has 11 nitrogen and oxygen atoms in total. The number of fused-ring (bicyclic) bond motifs is 3. The Morgan fingerprint density at radius 1 is 1.00 bits per heavy atom. The number of thioether (sulfide) groups is 1. The second-order valence-electron chi connectivity index (χ2n) is 15.2. The van der Waals surface area contributed by atoms with Crippen molar-refractivity contribution in [2.75, 3.05) is 52.6 Å². The van der Waals surface area contributed by atoms with Gasteiger partial charge in [0, 0.05) is 54.4 Å². The van der Waals surface area contributed by atoms with Crippen LogP contribution in [0.3, 0.4) is 0 Å². The summed E-state index contributed by atoms with van der Waals surface area (Å²) in [4.78, 5) is 23.3. The van der Waals surface area contributed by atoms with Crippen LogP contribution in [0.2, 0.25) is 0 Å². The van der Waals surface area contributed by atoms with Crippen molar-refractivity contribution in [3.8, 4) is 23.0 Å². The highest BCUT2D eigenvalue weighted by Crippen LogP contribution is 2.62. The highest BCUT2D eigenvalue weighted by molar-refractivity contribution is 7.99. The van der Waals surface area contributed by atoms with Gasteiger partial charge in [0.25, 0.3) is 5.91 Å². The molecule has 0 spiro atoms. The van der Waals surface area contributed by atoms with Crippen molar-refractivity contribution in [1.82, 2.24) is 4.90 Å². The Kier molecular flexibility index (Phi) is 14.0. The van der Waals surface area contributed by atoms with Crippen molar-refractivity contribution in [3.05, 3.63) is 102 Å². The highest BCUT2D eigenvalue weighted by Gasteiger charge is 2.65. The number of rotatable bonds is 20. The van der Waals surface area contributed by atoms with Gasteiger partial charge in [-0.15, -0.1) is 18.3 Å². The molecule has 0 saturated heterocycles. The van der Waals surface area contributed by atoms with Gasteiger partial charge in [-0.05, 0) is 98.5 Å². The lowest BCUT2D eigenvalue weighted by atomic mass is 9.55. The molecule has 0 bridgehead atoms. The molecular formula is C46H56N2O9S. The fraction of sp³-hybridized carbons (Fsp3) is 0.478. The molecule has 58 heavy (non-hydrogen) atoms. The number of amides is 1. The maximum Gasteiger partial charge on any atom is 0.254 e. The SMILES string of the molecule is C=CCOC12Oc3ccc(OCCSc4ccccc4)cc3C3C(CCCCO)C(CCCCO)C=C(C(=NOCC)CC1N(C)C(=O)c1ccc4c(c1)OCO4)C32. The number of carbonyl (C=O) groups excluding carboxylic acids is 1. The van der Waals surface area contributed by atoms with Crippen LogP contribution in [0.25, 0.3) is 0 Å². The first-order valence-electron chi connectivity index (χ1n) is 20.6. The van der Waals surface area contributed by atoms with E-state index in [0.717, 1.165) is 54.0 Å². The van der Waals surface area contributed by atoms with Gasteiger partial charge < -0.3 is 43.6 Å². The average molecular weight is 813 g/mol. The summed E-state index contributed by atoms with van der Waals surface area (Å²) in [5.41, 5.74) is 3.21. The third-order valence-corrected chi connectivity index (χ3v) is 12.7.